The van der Waals surface area contributed by atoms with Crippen LogP contribution >= 0.6 is 0 Å². The molecule has 0 N–H and O–H groups in total. The number of likely N-dealkylation sites (tertiary alicyclic amines) is 1. The first-order chi connectivity index (χ1) is 15.1. The molecule has 1 aliphatic rings. The summed E-state index contributed by atoms with van der Waals surface area (Å²) in [6.07, 6.45) is 1.91. The molecule has 1 amide bonds. The van der Waals surface area contributed by atoms with Crippen LogP contribution in [0.3, 0.4) is 0 Å². The van der Waals surface area contributed by atoms with Gasteiger partial charge in [-0.15, -0.1) is 0 Å². The highest BCUT2D eigenvalue weighted by Crippen LogP contribution is 2.25. The predicted molar refractivity (Wildman–Crippen MR) is 117 cm³/mol. The van der Waals surface area contributed by atoms with E-state index in [0.29, 0.717) is 36.0 Å². The molecule has 3 aromatic rings. The molecular weight excluding hydrogens is 394 g/mol. The maximum absolute atomic E-state index is 13.3. The van der Waals surface area contributed by atoms with Crippen molar-refractivity contribution in [3.05, 3.63) is 76.2 Å². The van der Waals surface area contributed by atoms with E-state index >= 15 is 0 Å². The highest BCUT2D eigenvalue weighted by atomic mass is 16.5. The van der Waals surface area contributed by atoms with Gasteiger partial charge in [-0.25, -0.2) is 9.48 Å². The SMILES string of the molecule is CCn1nc(C(=O)O[C@H](C(=O)N2CCCCC2)c2ccccc2)c2ccccc2c1=O. The molecule has 1 saturated heterocycles. The Labute approximate surface area is 180 Å². The lowest BCUT2D eigenvalue weighted by Gasteiger charge is -2.30. The molecule has 7 nitrogen and oxygen atoms in total. The zero-order valence-electron chi connectivity index (χ0n) is 17.5. The summed E-state index contributed by atoms with van der Waals surface area (Å²) in [5, 5.41) is 5.05. The number of aryl methyl sites for hydroxylation is 1. The summed E-state index contributed by atoms with van der Waals surface area (Å²) in [7, 11) is 0. The molecule has 31 heavy (non-hydrogen) atoms. The smallest absolute Gasteiger partial charge is 0.360 e. The van der Waals surface area contributed by atoms with Crippen molar-refractivity contribution in [2.24, 2.45) is 0 Å². The summed E-state index contributed by atoms with van der Waals surface area (Å²) in [6.45, 7) is 3.41. The van der Waals surface area contributed by atoms with Gasteiger partial charge in [0, 0.05) is 30.6 Å². The third kappa shape index (κ3) is 4.21. The van der Waals surface area contributed by atoms with E-state index in [1.54, 1.807) is 48.2 Å². The van der Waals surface area contributed by atoms with Crippen LogP contribution < -0.4 is 5.56 Å². The first kappa shape index (κ1) is 20.8. The summed E-state index contributed by atoms with van der Waals surface area (Å²) in [5.74, 6) is -0.954. The molecule has 0 bridgehead atoms. The first-order valence-electron chi connectivity index (χ1n) is 10.6. The minimum atomic E-state index is -1.06. The van der Waals surface area contributed by atoms with Crippen LogP contribution in [0.1, 0.15) is 48.3 Å². The van der Waals surface area contributed by atoms with Crippen molar-refractivity contribution in [1.29, 1.82) is 0 Å². The summed E-state index contributed by atoms with van der Waals surface area (Å²) < 4.78 is 7.02. The van der Waals surface area contributed by atoms with E-state index in [9.17, 15) is 14.4 Å². The van der Waals surface area contributed by atoms with Crippen molar-refractivity contribution < 1.29 is 14.3 Å². The van der Waals surface area contributed by atoms with Gasteiger partial charge < -0.3 is 9.64 Å². The number of fused-ring (bicyclic) bond motifs is 1. The van der Waals surface area contributed by atoms with Gasteiger partial charge in [-0.2, -0.15) is 5.10 Å². The summed E-state index contributed by atoms with van der Waals surface area (Å²) >= 11 is 0. The van der Waals surface area contributed by atoms with Gasteiger partial charge in [0.15, 0.2) is 5.69 Å². The first-order valence-corrected chi connectivity index (χ1v) is 10.6. The molecule has 7 heteroatoms. The zero-order chi connectivity index (χ0) is 21.8. The van der Waals surface area contributed by atoms with Crippen LogP contribution in [0.4, 0.5) is 0 Å². The van der Waals surface area contributed by atoms with E-state index in [0.717, 1.165) is 19.3 Å². The number of piperidine rings is 1. The number of amides is 1. The summed E-state index contributed by atoms with van der Waals surface area (Å²) in [4.78, 5) is 40.9. The second-order valence-electron chi connectivity index (χ2n) is 7.60. The van der Waals surface area contributed by atoms with Gasteiger partial charge in [0.1, 0.15) is 0 Å². The summed E-state index contributed by atoms with van der Waals surface area (Å²) in [5.41, 5.74) is 0.377. The Morgan fingerprint density at radius 2 is 1.61 bits per heavy atom. The van der Waals surface area contributed by atoms with Crippen LogP contribution in [-0.2, 0) is 16.1 Å². The molecule has 1 aliphatic heterocycles. The van der Waals surface area contributed by atoms with Gasteiger partial charge in [-0.05, 0) is 32.3 Å². The van der Waals surface area contributed by atoms with Gasteiger partial charge in [0.05, 0.1) is 5.39 Å². The van der Waals surface area contributed by atoms with Crippen LogP contribution in [0.2, 0.25) is 0 Å². The average molecular weight is 419 g/mol. The molecule has 0 saturated carbocycles. The molecule has 1 atom stereocenters. The van der Waals surface area contributed by atoms with E-state index < -0.39 is 12.1 Å². The van der Waals surface area contributed by atoms with Crippen molar-refractivity contribution in [3.63, 3.8) is 0 Å². The molecule has 0 radical (unpaired) electrons. The van der Waals surface area contributed by atoms with Gasteiger partial charge >= 0.3 is 5.97 Å². The predicted octanol–water partition coefficient (Wildman–Crippen LogP) is 3.33. The lowest BCUT2D eigenvalue weighted by molar-refractivity contribution is -0.142. The Kier molecular flexibility index (Phi) is 6.11. The largest absolute Gasteiger partial charge is 0.442 e. The highest BCUT2D eigenvalue weighted by Gasteiger charge is 2.31. The van der Waals surface area contributed by atoms with Crippen LogP contribution in [0.15, 0.2) is 59.4 Å². The summed E-state index contributed by atoms with van der Waals surface area (Å²) in [6, 6.07) is 15.8. The number of aromatic nitrogens is 2. The number of ether oxygens (including phenoxy) is 1. The Morgan fingerprint density at radius 3 is 2.29 bits per heavy atom. The molecule has 0 spiro atoms. The molecule has 4 rings (SSSR count). The Bertz CT molecular complexity index is 1150. The monoisotopic (exact) mass is 419 g/mol. The Balaban J connectivity index is 1.72. The Hall–Kier alpha value is -3.48. The van der Waals surface area contributed by atoms with E-state index in [-0.39, 0.29) is 17.2 Å². The number of benzene rings is 2. The highest BCUT2D eigenvalue weighted by molar-refractivity contribution is 6.03. The van der Waals surface area contributed by atoms with E-state index in [1.807, 2.05) is 18.2 Å². The second-order valence-corrected chi connectivity index (χ2v) is 7.60. The van der Waals surface area contributed by atoms with Crippen molar-refractivity contribution in [2.75, 3.05) is 13.1 Å². The molecule has 160 valence electrons. The number of carbonyl (C=O) groups is 2. The fourth-order valence-corrected chi connectivity index (χ4v) is 3.93. The van der Waals surface area contributed by atoms with E-state index in [2.05, 4.69) is 5.10 Å². The quantitative estimate of drug-likeness (QED) is 0.593. The molecule has 1 aromatic heterocycles. The molecule has 0 unspecified atom stereocenters. The van der Waals surface area contributed by atoms with Crippen LogP contribution in [0.25, 0.3) is 10.8 Å². The van der Waals surface area contributed by atoms with Gasteiger partial charge in [0.2, 0.25) is 6.10 Å². The van der Waals surface area contributed by atoms with Gasteiger partial charge in [-0.1, -0.05) is 48.5 Å². The minimum absolute atomic E-state index is 0.0319. The number of carbonyl (C=O) groups excluding carboxylic acids is 2. The fourth-order valence-electron chi connectivity index (χ4n) is 3.93. The third-order valence-electron chi connectivity index (χ3n) is 5.58. The molecular formula is C24H25N3O4. The van der Waals surface area contributed by atoms with Gasteiger partial charge in [-0.3, -0.25) is 9.59 Å². The van der Waals surface area contributed by atoms with Crippen molar-refractivity contribution in [3.8, 4) is 0 Å². The number of nitrogens with zero attached hydrogens (tertiary/aromatic N) is 3. The molecule has 1 fully saturated rings. The number of hydrogen-bond acceptors (Lipinski definition) is 5. The average Bonchev–Trinajstić information content (AvgIpc) is 2.83. The molecule has 0 aliphatic carbocycles. The second kappa shape index (κ2) is 9.12. The number of esters is 1. The maximum atomic E-state index is 13.3. The normalized spacial score (nSPS) is 14.9. The fraction of sp³-hybridized carbons (Fsp3) is 0.333. The zero-order valence-corrected chi connectivity index (χ0v) is 17.5. The van der Waals surface area contributed by atoms with Crippen LogP contribution in [0, 0.1) is 0 Å². The molecule has 2 heterocycles. The maximum Gasteiger partial charge on any atom is 0.360 e. The van der Waals surface area contributed by atoms with Crippen molar-refractivity contribution >= 4 is 22.6 Å². The Morgan fingerprint density at radius 1 is 0.968 bits per heavy atom. The van der Waals surface area contributed by atoms with Crippen LogP contribution in [-0.4, -0.2) is 39.6 Å². The van der Waals surface area contributed by atoms with Gasteiger partial charge in [0.25, 0.3) is 11.5 Å². The number of rotatable bonds is 5. The molecule has 2 aromatic carbocycles. The standard InChI is InChI=1S/C24H25N3O4/c1-2-27-22(28)19-14-8-7-13-18(19)20(25-27)24(30)31-21(17-11-5-3-6-12-17)23(29)26-15-9-4-10-16-26/h3,5-8,11-14,21H,2,4,9-10,15-16H2,1H3/t21-/m0/s1. The third-order valence-corrected chi connectivity index (χ3v) is 5.58. The number of hydrogen-bond donors (Lipinski definition) is 0. The minimum Gasteiger partial charge on any atom is -0.442 e. The van der Waals surface area contributed by atoms with Crippen molar-refractivity contribution in [2.45, 2.75) is 38.8 Å². The van der Waals surface area contributed by atoms with Crippen LogP contribution in [0.5, 0.6) is 0 Å². The van der Waals surface area contributed by atoms with E-state index in [1.165, 1.54) is 4.68 Å². The topological polar surface area (TPSA) is 81.5 Å². The lowest BCUT2D eigenvalue weighted by atomic mass is 10.1. The van der Waals surface area contributed by atoms with Crippen molar-refractivity contribution in [1.82, 2.24) is 14.7 Å². The lowest BCUT2D eigenvalue weighted by Crippen LogP contribution is -2.40. The van der Waals surface area contributed by atoms with E-state index in [4.69, 9.17) is 4.74 Å².